The number of aromatic nitrogens is 3. The molecule has 2 unspecified atom stereocenters. The molecule has 21 heavy (non-hydrogen) atoms. The van der Waals surface area contributed by atoms with E-state index in [1.165, 1.54) is 7.11 Å². The SMILES string of the molecule is C=CC(C)C(NCc1nc(N)nc(N(C)C)n1)C(=O)OC. The van der Waals surface area contributed by atoms with Gasteiger partial charge in [-0.15, -0.1) is 6.58 Å². The number of nitrogens with two attached hydrogens (primary N) is 1. The second-order valence-corrected chi connectivity index (χ2v) is 4.78. The molecule has 8 heteroatoms. The molecule has 0 spiro atoms. The summed E-state index contributed by atoms with van der Waals surface area (Å²) in [6.45, 7) is 5.83. The molecule has 0 aliphatic rings. The van der Waals surface area contributed by atoms with Crippen LogP contribution >= 0.6 is 0 Å². The van der Waals surface area contributed by atoms with Crippen LogP contribution in [0, 0.1) is 5.92 Å². The third kappa shape index (κ3) is 4.67. The van der Waals surface area contributed by atoms with E-state index < -0.39 is 6.04 Å². The molecule has 0 amide bonds. The van der Waals surface area contributed by atoms with E-state index in [0.717, 1.165) is 0 Å². The molecule has 1 aromatic rings. The molecular formula is C13H22N6O2. The summed E-state index contributed by atoms with van der Waals surface area (Å²) < 4.78 is 4.77. The molecule has 0 radical (unpaired) electrons. The molecule has 1 rings (SSSR count). The number of nitrogen functional groups attached to an aromatic ring is 1. The highest BCUT2D eigenvalue weighted by molar-refractivity contribution is 5.76. The first-order valence-corrected chi connectivity index (χ1v) is 6.50. The van der Waals surface area contributed by atoms with Crippen LogP contribution in [0.5, 0.6) is 0 Å². The fourth-order valence-electron chi connectivity index (χ4n) is 1.65. The number of anilines is 2. The van der Waals surface area contributed by atoms with Gasteiger partial charge in [0.25, 0.3) is 0 Å². The zero-order valence-corrected chi connectivity index (χ0v) is 12.8. The molecule has 2 atom stereocenters. The van der Waals surface area contributed by atoms with Crippen molar-refractivity contribution in [3.8, 4) is 0 Å². The third-order valence-electron chi connectivity index (χ3n) is 2.92. The molecule has 0 aromatic carbocycles. The third-order valence-corrected chi connectivity index (χ3v) is 2.92. The topological polar surface area (TPSA) is 106 Å². The Morgan fingerprint density at radius 3 is 2.67 bits per heavy atom. The standard InChI is InChI=1S/C13H22N6O2/c1-6-8(2)10(11(20)21-5)15-7-9-16-12(14)18-13(17-9)19(3)4/h6,8,10,15H,1,7H2,2-5H3,(H2,14,16,17,18). The minimum atomic E-state index is -0.520. The Bertz CT molecular complexity index is 505. The zero-order valence-electron chi connectivity index (χ0n) is 12.8. The van der Waals surface area contributed by atoms with Gasteiger partial charge in [-0.05, 0) is 5.92 Å². The van der Waals surface area contributed by atoms with E-state index in [-0.39, 0.29) is 24.4 Å². The summed E-state index contributed by atoms with van der Waals surface area (Å²) in [4.78, 5) is 25.8. The maximum absolute atomic E-state index is 11.8. The van der Waals surface area contributed by atoms with Gasteiger partial charge in [0, 0.05) is 14.1 Å². The second kappa shape index (κ2) is 7.53. The number of ether oxygens (including phenoxy) is 1. The lowest BCUT2D eigenvalue weighted by Crippen LogP contribution is -2.42. The molecule has 1 aromatic heterocycles. The van der Waals surface area contributed by atoms with Crippen LogP contribution in [0.25, 0.3) is 0 Å². The highest BCUT2D eigenvalue weighted by atomic mass is 16.5. The predicted molar refractivity (Wildman–Crippen MR) is 80.6 cm³/mol. The number of carbonyl (C=O) groups is 1. The monoisotopic (exact) mass is 294 g/mol. The summed E-state index contributed by atoms with van der Waals surface area (Å²) in [6, 6.07) is -0.520. The van der Waals surface area contributed by atoms with E-state index in [4.69, 9.17) is 10.5 Å². The molecular weight excluding hydrogens is 272 g/mol. The van der Waals surface area contributed by atoms with Crippen LogP contribution in [0.15, 0.2) is 12.7 Å². The van der Waals surface area contributed by atoms with E-state index in [2.05, 4.69) is 26.8 Å². The quantitative estimate of drug-likeness (QED) is 0.533. The molecule has 8 nitrogen and oxygen atoms in total. The molecule has 1 heterocycles. The number of methoxy groups -OCH3 is 1. The maximum atomic E-state index is 11.8. The van der Waals surface area contributed by atoms with Crippen molar-refractivity contribution in [2.24, 2.45) is 5.92 Å². The minimum absolute atomic E-state index is 0.0926. The lowest BCUT2D eigenvalue weighted by molar-refractivity contribution is -0.144. The smallest absolute Gasteiger partial charge is 0.323 e. The lowest BCUT2D eigenvalue weighted by atomic mass is 10.0. The number of carbonyl (C=O) groups excluding carboxylic acids is 1. The Morgan fingerprint density at radius 2 is 2.14 bits per heavy atom. The van der Waals surface area contributed by atoms with E-state index >= 15 is 0 Å². The summed E-state index contributed by atoms with van der Waals surface area (Å²) in [5.74, 6) is 0.598. The van der Waals surface area contributed by atoms with Crippen molar-refractivity contribution in [1.82, 2.24) is 20.3 Å². The Balaban J connectivity index is 2.84. The molecule has 0 aliphatic carbocycles. The fourth-order valence-corrected chi connectivity index (χ4v) is 1.65. The number of hydrogen-bond acceptors (Lipinski definition) is 8. The van der Waals surface area contributed by atoms with Crippen molar-refractivity contribution in [2.75, 3.05) is 31.8 Å². The maximum Gasteiger partial charge on any atom is 0.323 e. The molecule has 0 saturated carbocycles. The van der Waals surface area contributed by atoms with Gasteiger partial charge in [-0.3, -0.25) is 10.1 Å². The molecule has 116 valence electrons. The highest BCUT2D eigenvalue weighted by Gasteiger charge is 2.23. The van der Waals surface area contributed by atoms with Crippen LogP contribution in [-0.2, 0) is 16.1 Å². The summed E-state index contributed by atoms with van der Waals surface area (Å²) >= 11 is 0. The van der Waals surface area contributed by atoms with E-state index in [1.54, 1.807) is 11.0 Å². The molecule has 3 N–H and O–H groups in total. The molecule has 0 aliphatic heterocycles. The Hall–Kier alpha value is -2.22. The lowest BCUT2D eigenvalue weighted by Gasteiger charge is -2.20. The van der Waals surface area contributed by atoms with Crippen molar-refractivity contribution in [2.45, 2.75) is 19.5 Å². The first-order chi connectivity index (χ1) is 9.88. The normalized spacial score (nSPS) is 13.3. The average molecular weight is 294 g/mol. The van der Waals surface area contributed by atoms with Gasteiger partial charge in [0.15, 0.2) is 0 Å². The largest absolute Gasteiger partial charge is 0.468 e. The first-order valence-electron chi connectivity index (χ1n) is 6.50. The van der Waals surface area contributed by atoms with Gasteiger partial charge >= 0.3 is 5.97 Å². The zero-order chi connectivity index (χ0) is 16.0. The van der Waals surface area contributed by atoms with Crippen LogP contribution < -0.4 is 16.0 Å². The van der Waals surface area contributed by atoms with Gasteiger partial charge in [0.1, 0.15) is 11.9 Å². The highest BCUT2D eigenvalue weighted by Crippen LogP contribution is 2.09. The Morgan fingerprint density at radius 1 is 1.48 bits per heavy atom. The number of hydrogen-bond donors (Lipinski definition) is 2. The van der Waals surface area contributed by atoms with Gasteiger partial charge in [0.05, 0.1) is 13.7 Å². The molecule has 0 saturated heterocycles. The van der Waals surface area contributed by atoms with E-state index in [9.17, 15) is 4.79 Å². The van der Waals surface area contributed by atoms with Crippen LogP contribution in [0.1, 0.15) is 12.7 Å². The van der Waals surface area contributed by atoms with Crippen LogP contribution in [-0.4, -0.2) is 48.2 Å². The van der Waals surface area contributed by atoms with E-state index in [0.29, 0.717) is 11.8 Å². The fraction of sp³-hybridized carbons (Fsp3) is 0.538. The second-order valence-electron chi connectivity index (χ2n) is 4.78. The van der Waals surface area contributed by atoms with Gasteiger partial charge < -0.3 is 15.4 Å². The summed E-state index contributed by atoms with van der Waals surface area (Å²) in [5.41, 5.74) is 5.65. The first kappa shape index (κ1) is 16.8. The Labute approximate surface area is 124 Å². The van der Waals surface area contributed by atoms with Gasteiger partial charge in [-0.25, -0.2) is 0 Å². The summed E-state index contributed by atoms with van der Waals surface area (Å²) in [6.07, 6.45) is 1.68. The van der Waals surface area contributed by atoms with Gasteiger partial charge in [-0.2, -0.15) is 15.0 Å². The van der Waals surface area contributed by atoms with Gasteiger partial charge in [0.2, 0.25) is 11.9 Å². The summed E-state index contributed by atoms with van der Waals surface area (Å²) in [5, 5.41) is 3.06. The van der Waals surface area contributed by atoms with Gasteiger partial charge in [-0.1, -0.05) is 13.0 Å². The average Bonchev–Trinajstić information content (AvgIpc) is 2.46. The number of nitrogens with zero attached hydrogens (tertiary/aromatic N) is 4. The summed E-state index contributed by atoms with van der Waals surface area (Å²) in [7, 11) is 4.96. The van der Waals surface area contributed by atoms with E-state index in [1.807, 2.05) is 21.0 Å². The minimum Gasteiger partial charge on any atom is -0.468 e. The van der Waals surface area contributed by atoms with Crippen molar-refractivity contribution in [3.63, 3.8) is 0 Å². The van der Waals surface area contributed by atoms with Crippen molar-refractivity contribution in [1.29, 1.82) is 0 Å². The molecule has 0 bridgehead atoms. The van der Waals surface area contributed by atoms with Crippen LogP contribution in [0.3, 0.4) is 0 Å². The predicted octanol–water partition coefficient (Wildman–Crippen LogP) is -0.0269. The number of rotatable bonds is 7. The number of nitrogens with one attached hydrogen (secondary N) is 1. The van der Waals surface area contributed by atoms with Crippen molar-refractivity contribution < 1.29 is 9.53 Å². The Kier molecular flexibility index (Phi) is 6.04. The van der Waals surface area contributed by atoms with Crippen molar-refractivity contribution in [3.05, 3.63) is 18.5 Å². The molecule has 0 fully saturated rings. The number of esters is 1. The van der Waals surface area contributed by atoms with Crippen LogP contribution in [0.2, 0.25) is 0 Å². The van der Waals surface area contributed by atoms with Crippen molar-refractivity contribution >= 4 is 17.9 Å². The van der Waals surface area contributed by atoms with Crippen LogP contribution in [0.4, 0.5) is 11.9 Å².